The molecule has 0 bridgehead atoms. The molecule has 1 saturated carbocycles. The molecule has 1 aromatic heterocycles. The van der Waals surface area contributed by atoms with Gasteiger partial charge in [-0.15, -0.1) is 11.3 Å². The molecule has 1 fully saturated rings. The Kier molecular flexibility index (Phi) is 4.08. The summed E-state index contributed by atoms with van der Waals surface area (Å²) in [6, 6.07) is 0. The number of nitrogens with two attached hydrogens (primary N) is 1. The monoisotopic (exact) mass is 280 g/mol. The number of aryl methyl sites for hydroxylation is 2. The maximum atomic E-state index is 6.72. The van der Waals surface area contributed by atoms with Crippen LogP contribution in [-0.2, 0) is 5.54 Å². The fourth-order valence-corrected chi connectivity index (χ4v) is 4.20. The molecule has 0 aliphatic heterocycles. The standard InChI is InChI=1S/C16H28N2S/c1-11-12(2)19-14(18-11)16(17)9-6-7-13(8-10-16)15(3,4)5/h13H,6-10,17H2,1-5H3. The molecule has 108 valence electrons. The van der Waals surface area contributed by atoms with Gasteiger partial charge in [0, 0.05) is 4.88 Å². The van der Waals surface area contributed by atoms with Crippen molar-refractivity contribution < 1.29 is 0 Å². The zero-order chi connectivity index (χ0) is 14.3. The number of thiazole rings is 1. The van der Waals surface area contributed by atoms with Crippen molar-refractivity contribution in [1.82, 2.24) is 4.98 Å². The third-order valence-corrected chi connectivity index (χ3v) is 6.09. The maximum absolute atomic E-state index is 6.72. The fraction of sp³-hybridized carbons (Fsp3) is 0.812. The van der Waals surface area contributed by atoms with E-state index in [-0.39, 0.29) is 5.54 Å². The minimum atomic E-state index is -0.177. The summed E-state index contributed by atoms with van der Waals surface area (Å²) >= 11 is 1.80. The molecular formula is C16H28N2S. The number of rotatable bonds is 1. The van der Waals surface area contributed by atoms with Crippen molar-refractivity contribution in [2.24, 2.45) is 17.1 Å². The van der Waals surface area contributed by atoms with Gasteiger partial charge < -0.3 is 5.73 Å². The van der Waals surface area contributed by atoms with Crippen molar-refractivity contribution in [3.63, 3.8) is 0 Å². The van der Waals surface area contributed by atoms with Crippen LogP contribution in [-0.4, -0.2) is 4.98 Å². The summed E-state index contributed by atoms with van der Waals surface area (Å²) in [7, 11) is 0. The molecule has 0 spiro atoms. The van der Waals surface area contributed by atoms with Crippen molar-refractivity contribution >= 4 is 11.3 Å². The average molecular weight is 280 g/mol. The molecule has 1 aromatic rings. The highest BCUT2D eigenvalue weighted by molar-refractivity contribution is 7.11. The molecule has 2 atom stereocenters. The summed E-state index contributed by atoms with van der Waals surface area (Å²) in [6.07, 6.45) is 5.95. The van der Waals surface area contributed by atoms with E-state index >= 15 is 0 Å². The molecule has 2 N–H and O–H groups in total. The van der Waals surface area contributed by atoms with Crippen LogP contribution in [0.25, 0.3) is 0 Å². The second kappa shape index (κ2) is 5.17. The fourth-order valence-electron chi connectivity index (χ4n) is 3.13. The van der Waals surface area contributed by atoms with Gasteiger partial charge in [-0.3, -0.25) is 0 Å². The molecule has 3 heteroatoms. The van der Waals surface area contributed by atoms with Crippen LogP contribution in [0.1, 0.15) is 68.5 Å². The highest BCUT2D eigenvalue weighted by Crippen LogP contribution is 2.43. The number of hydrogen-bond donors (Lipinski definition) is 1. The molecule has 1 heterocycles. The first-order chi connectivity index (χ1) is 8.72. The van der Waals surface area contributed by atoms with Crippen molar-refractivity contribution in [3.05, 3.63) is 15.6 Å². The van der Waals surface area contributed by atoms with Gasteiger partial charge in [0.05, 0.1) is 11.2 Å². The summed E-state index contributed by atoms with van der Waals surface area (Å²) in [6.45, 7) is 11.3. The molecule has 2 unspecified atom stereocenters. The quantitative estimate of drug-likeness (QED) is 0.767. The van der Waals surface area contributed by atoms with Crippen molar-refractivity contribution in [2.45, 2.75) is 72.3 Å². The Morgan fingerprint density at radius 3 is 2.42 bits per heavy atom. The molecule has 0 saturated heterocycles. The molecule has 19 heavy (non-hydrogen) atoms. The predicted molar refractivity (Wildman–Crippen MR) is 83.5 cm³/mol. The van der Waals surface area contributed by atoms with Crippen LogP contribution in [0.2, 0.25) is 0 Å². The Morgan fingerprint density at radius 1 is 1.21 bits per heavy atom. The Morgan fingerprint density at radius 2 is 1.89 bits per heavy atom. The van der Waals surface area contributed by atoms with Crippen LogP contribution in [0, 0.1) is 25.2 Å². The summed E-state index contributed by atoms with van der Waals surface area (Å²) in [4.78, 5) is 6.04. The predicted octanol–water partition coefficient (Wildman–Crippen LogP) is 4.54. The number of aromatic nitrogens is 1. The lowest BCUT2D eigenvalue weighted by Crippen LogP contribution is -2.36. The second-order valence-electron chi connectivity index (χ2n) is 7.31. The van der Waals surface area contributed by atoms with Crippen LogP contribution < -0.4 is 5.73 Å². The van der Waals surface area contributed by atoms with Gasteiger partial charge in [-0.1, -0.05) is 27.2 Å². The van der Waals surface area contributed by atoms with Gasteiger partial charge in [-0.2, -0.15) is 0 Å². The molecule has 1 aliphatic rings. The highest BCUT2D eigenvalue weighted by Gasteiger charge is 2.36. The van der Waals surface area contributed by atoms with E-state index in [9.17, 15) is 0 Å². The van der Waals surface area contributed by atoms with Crippen molar-refractivity contribution in [3.8, 4) is 0 Å². The van der Waals surface area contributed by atoms with Gasteiger partial charge in [0.2, 0.25) is 0 Å². The number of nitrogens with zero attached hydrogens (tertiary/aromatic N) is 1. The Hall–Kier alpha value is -0.410. The zero-order valence-electron chi connectivity index (χ0n) is 13.0. The van der Waals surface area contributed by atoms with Crippen LogP contribution in [0.4, 0.5) is 0 Å². The third-order valence-electron chi connectivity index (χ3n) is 4.79. The van der Waals surface area contributed by atoms with E-state index in [1.54, 1.807) is 11.3 Å². The largest absolute Gasteiger partial charge is 0.319 e. The second-order valence-corrected chi connectivity index (χ2v) is 8.51. The summed E-state index contributed by atoms with van der Waals surface area (Å²) in [5.41, 5.74) is 8.10. The lowest BCUT2D eigenvalue weighted by atomic mass is 9.76. The molecule has 1 aliphatic carbocycles. The van der Waals surface area contributed by atoms with E-state index in [0.29, 0.717) is 5.41 Å². The SMILES string of the molecule is Cc1nc(C2(N)CCCC(C(C)(C)C)CC2)sc1C. The van der Waals surface area contributed by atoms with Gasteiger partial charge in [0.25, 0.3) is 0 Å². The van der Waals surface area contributed by atoms with Gasteiger partial charge in [0.1, 0.15) is 5.01 Å². The topological polar surface area (TPSA) is 38.9 Å². The van der Waals surface area contributed by atoms with Crippen LogP contribution >= 0.6 is 11.3 Å². The zero-order valence-corrected chi connectivity index (χ0v) is 13.9. The first-order valence-electron chi connectivity index (χ1n) is 7.46. The summed E-state index contributed by atoms with van der Waals surface area (Å²) in [5.74, 6) is 0.792. The maximum Gasteiger partial charge on any atom is 0.113 e. The lowest BCUT2D eigenvalue weighted by Gasteiger charge is -2.30. The summed E-state index contributed by atoms with van der Waals surface area (Å²) < 4.78 is 0. The number of hydrogen-bond acceptors (Lipinski definition) is 3. The van der Waals surface area contributed by atoms with Crippen molar-refractivity contribution in [2.75, 3.05) is 0 Å². The smallest absolute Gasteiger partial charge is 0.113 e. The third kappa shape index (κ3) is 3.19. The van der Waals surface area contributed by atoms with E-state index in [1.165, 1.54) is 24.1 Å². The van der Waals surface area contributed by atoms with E-state index in [2.05, 4.69) is 34.6 Å². The van der Waals surface area contributed by atoms with E-state index in [0.717, 1.165) is 29.5 Å². The molecule has 2 nitrogen and oxygen atoms in total. The van der Waals surface area contributed by atoms with E-state index in [4.69, 9.17) is 10.7 Å². The minimum absolute atomic E-state index is 0.177. The Labute approximate surface area is 121 Å². The Balaban J connectivity index is 2.17. The molecule has 0 radical (unpaired) electrons. The van der Waals surface area contributed by atoms with Gasteiger partial charge in [0.15, 0.2) is 0 Å². The van der Waals surface area contributed by atoms with E-state index < -0.39 is 0 Å². The first kappa shape index (κ1) is 15.0. The molecule has 0 amide bonds. The molecule has 0 aromatic carbocycles. The Bertz CT molecular complexity index is 425. The van der Waals surface area contributed by atoms with Gasteiger partial charge in [-0.25, -0.2) is 4.98 Å². The molecule has 2 rings (SSSR count). The van der Waals surface area contributed by atoms with Crippen LogP contribution in [0.3, 0.4) is 0 Å². The van der Waals surface area contributed by atoms with Crippen LogP contribution in [0.15, 0.2) is 0 Å². The average Bonchev–Trinajstić information content (AvgIpc) is 2.52. The lowest BCUT2D eigenvalue weighted by molar-refractivity contribution is 0.211. The van der Waals surface area contributed by atoms with Crippen molar-refractivity contribution in [1.29, 1.82) is 0 Å². The summed E-state index contributed by atoms with van der Waals surface area (Å²) in [5, 5.41) is 1.16. The van der Waals surface area contributed by atoms with Gasteiger partial charge in [-0.05, 0) is 50.9 Å². The van der Waals surface area contributed by atoms with Gasteiger partial charge >= 0.3 is 0 Å². The highest BCUT2D eigenvalue weighted by atomic mass is 32.1. The first-order valence-corrected chi connectivity index (χ1v) is 8.27. The normalized spacial score (nSPS) is 29.3. The minimum Gasteiger partial charge on any atom is -0.319 e. The van der Waals surface area contributed by atoms with E-state index in [1.807, 2.05) is 0 Å². The van der Waals surface area contributed by atoms with Crippen LogP contribution in [0.5, 0.6) is 0 Å². The molecular weight excluding hydrogens is 252 g/mol.